The minimum Gasteiger partial charge on any atom is -0.326 e. The van der Waals surface area contributed by atoms with E-state index < -0.39 is 10.0 Å². The van der Waals surface area contributed by atoms with Crippen molar-refractivity contribution in [3.8, 4) is 11.4 Å². The van der Waals surface area contributed by atoms with Gasteiger partial charge in [0.2, 0.25) is 15.9 Å². The van der Waals surface area contributed by atoms with Crippen LogP contribution in [0.5, 0.6) is 0 Å². The fourth-order valence-corrected chi connectivity index (χ4v) is 4.41. The Hall–Kier alpha value is -3.56. The molecule has 8 nitrogen and oxygen atoms in total. The smallest absolute Gasteiger partial charge is 0.240 e. The molecule has 0 saturated carbocycles. The molecule has 0 spiro atoms. The summed E-state index contributed by atoms with van der Waals surface area (Å²) >= 11 is 0. The predicted octanol–water partition coefficient (Wildman–Crippen LogP) is 3.34. The van der Waals surface area contributed by atoms with Gasteiger partial charge in [0.05, 0.1) is 4.90 Å². The Bertz CT molecular complexity index is 1360. The minimum absolute atomic E-state index is 0.124. The topological polar surface area (TPSA) is 106 Å². The van der Waals surface area contributed by atoms with Crippen LogP contribution in [-0.4, -0.2) is 35.4 Å². The number of rotatable bonds is 7. The van der Waals surface area contributed by atoms with Crippen LogP contribution in [0.1, 0.15) is 12.5 Å². The molecule has 0 fully saturated rings. The van der Waals surface area contributed by atoms with E-state index >= 15 is 0 Å². The second kappa shape index (κ2) is 8.89. The fourth-order valence-electron chi connectivity index (χ4n) is 3.39. The molecule has 2 aromatic carbocycles. The first-order valence-corrected chi connectivity index (χ1v) is 11.6. The number of fused-ring (bicyclic) bond motifs is 1. The number of pyridine rings is 1. The van der Waals surface area contributed by atoms with Gasteiger partial charge in [-0.15, -0.1) is 0 Å². The molecule has 2 heterocycles. The third-order valence-electron chi connectivity index (χ3n) is 4.93. The summed E-state index contributed by atoms with van der Waals surface area (Å²) in [6.45, 7) is 3.94. The number of sulfonamides is 1. The van der Waals surface area contributed by atoms with Crippen LogP contribution < -0.4 is 10.0 Å². The minimum atomic E-state index is -3.71. The van der Waals surface area contributed by atoms with E-state index in [0.29, 0.717) is 17.9 Å². The lowest BCUT2D eigenvalue weighted by Gasteiger charge is -2.11. The van der Waals surface area contributed by atoms with Gasteiger partial charge in [-0.3, -0.25) is 4.79 Å². The molecule has 1 amide bonds. The molecule has 2 aromatic heterocycles. The van der Waals surface area contributed by atoms with Gasteiger partial charge in [-0.05, 0) is 43.3 Å². The first-order chi connectivity index (χ1) is 15.3. The van der Waals surface area contributed by atoms with Crippen molar-refractivity contribution in [3.63, 3.8) is 0 Å². The Morgan fingerprint density at radius 3 is 2.44 bits per heavy atom. The lowest BCUT2D eigenvalue weighted by molar-refractivity contribution is -0.114. The number of carbonyl (C=O) groups is 1. The van der Waals surface area contributed by atoms with Crippen molar-refractivity contribution >= 4 is 32.8 Å². The summed E-state index contributed by atoms with van der Waals surface area (Å²) in [6, 6.07) is 17.8. The molecule has 0 aliphatic heterocycles. The van der Waals surface area contributed by atoms with Crippen molar-refractivity contribution in [1.82, 2.24) is 19.3 Å². The van der Waals surface area contributed by atoms with Crippen molar-refractivity contribution in [2.75, 3.05) is 11.9 Å². The molecule has 0 saturated heterocycles. The van der Waals surface area contributed by atoms with E-state index in [-0.39, 0.29) is 17.3 Å². The quantitative estimate of drug-likeness (QED) is 0.450. The lowest BCUT2D eigenvalue weighted by Crippen LogP contribution is -2.27. The summed E-state index contributed by atoms with van der Waals surface area (Å²) in [5, 5.41) is 2.62. The number of benzene rings is 2. The molecule has 4 rings (SSSR count). The van der Waals surface area contributed by atoms with Crippen molar-refractivity contribution in [3.05, 3.63) is 72.4 Å². The maximum Gasteiger partial charge on any atom is 0.240 e. The number of nitrogens with zero attached hydrogens (tertiary/aromatic N) is 3. The summed E-state index contributed by atoms with van der Waals surface area (Å²) in [5.74, 6) is 0.516. The normalized spacial score (nSPS) is 11.6. The van der Waals surface area contributed by atoms with Crippen molar-refractivity contribution in [1.29, 1.82) is 0 Å². The van der Waals surface area contributed by atoms with Crippen LogP contribution in [0.2, 0.25) is 0 Å². The monoisotopic (exact) mass is 449 g/mol. The van der Waals surface area contributed by atoms with E-state index in [2.05, 4.69) is 15.0 Å². The average molecular weight is 450 g/mol. The Kier molecular flexibility index (Phi) is 6.02. The van der Waals surface area contributed by atoms with Crippen molar-refractivity contribution in [2.45, 2.75) is 25.3 Å². The first-order valence-electron chi connectivity index (χ1n) is 10.1. The SMILES string of the molecule is CC(=O)Nc1ccc(S(=O)(=O)NCCn2c(-c3ccc(C)cc3)nc3cccnc32)cc1. The van der Waals surface area contributed by atoms with Gasteiger partial charge in [-0.2, -0.15) is 0 Å². The number of hydrogen-bond donors (Lipinski definition) is 2. The molecule has 0 unspecified atom stereocenters. The largest absolute Gasteiger partial charge is 0.326 e. The second-order valence-electron chi connectivity index (χ2n) is 7.40. The Morgan fingerprint density at radius 1 is 1.03 bits per heavy atom. The zero-order chi connectivity index (χ0) is 22.7. The van der Waals surface area contributed by atoms with E-state index in [1.54, 1.807) is 18.3 Å². The summed E-state index contributed by atoms with van der Waals surface area (Å²) in [7, 11) is -3.71. The van der Waals surface area contributed by atoms with Gasteiger partial charge in [0.1, 0.15) is 11.3 Å². The predicted molar refractivity (Wildman–Crippen MR) is 124 cm³/mol. The van der Waals surface area contributed by atoms with Gasteiger partial charge < -0.3 is 9.88 Å². The van der Waals surface area contributed by atoms with Crippen LogP contribution in [0.4, 0.5) is 5.69 Å². The molecule has 0 aliphatic carbocycles. The highest BCUT2D eigenvalue weighted by Gasteiger charge is 2.16. The molecule has 32 heavy (non-hydrogen) atoms. The number of aromatic nitrogens is 3. The molecule has 0 radical (unpaired) electrons. The van der Waals surface area contributed by atoms with E-state index in [4.69, 9.17) is 4.98 Å². The van der Waals surface area contributed by atoms with Crippen LogP contribution in [0.25, 0.3) is 22.6 Å². The molecular weight excluding hydrogens is 426 g/mol. The van der Waals surface area contributed by atoms with Crippen LogP contribution in [0.3, 0.4) is 0 Å². The summed E-state index contributed by atoms with van der Waals surface area (Å²) < 4.78 is 30.0. The molecule has 9 heteroatoms. The number of anilines is 1. The maximum atomic E-state index is 12.7. The number of imidazole rings is 1. The van der Waals surface area contributed by atoms with Gasteiger partial charge in [0.25, 0.3) is 0 Å². The number of nitrogens with one attached hydrogen (secondary N) is 2. The average Bonchev–Trinajstić information content (AvgIpc) is 3.13. The molecular formula is C23H23N5O3S. The van der Waals surface area contributed by atoms with Gasteiger partial charge in [0, 0.05) is 37.5 Å². The summed E-state index contributed by atoms with van der Waals surface area (Å²) in [5.41, 5.74) is 4.06. The van der Waals surface area contributed by atoms with E-state index in [1.165, 1.54) is 19.1 Å². The number of hydrogen-bond acceptors (Lipinski definition) is 5. The van der Waals surface area contributed by atoms with Gasteiger partial charge in [0.15, 0.2) is 5.65 Å². The van der Waals surface area contributed by atoms with Crippen LogP contribution >= 0.6 is 0 Å². The molecule has 2 N–H and O–H groups in total. The van der Waals surface area contributed by atoms with E-state index in [9.17, 15) is 13.2 Å². The summed E-state index contributed by atoms with van der Waals surface area (Å²) in [4.78, 5) is 20.4. The molecule has 4 aromatic rings. The van der Waals surface area contributed by atoms with E-state index in [1.807, 2.05) is 47.9 Å². The molecule has 164 valence electrons. The molecule has 0 aliphatic rings. The number of carbonyl (C=O) groups excluding carboxylic acids is 1. The lowest BCUT2D eigenvalue weighted by atomic mass is 10.1. The van der Waals surface area contributed by atoms with Gasteiger partial charge in [-0.1, -0.05) is 29.8 Å². The zero-order valence-corrected chi connectivity index (χ0v) is 18.6. The van der Waals surface area contributed by atoms with Crippen LogP contribution in [0, 0.1) is 6.92 Å². The Balaban J connectivity index is 1.54. The van der Waals surface area contributed by atoms with Crippen LogP contribution in [0.15, 0.2) is 71.8 Å². The summed E-state index contributed by atoms with van der Waals surface area (Å²) in [6.07, 6.45) is 1.69. The Labute approximate surface area is 186 Å². The van der Waals surface area contributed by atoms with Gasteiger partial charge in [-0.25, -0.2) is 23.1 Å². The first kappa shape index (κ1) is 21.7. The molecule has 0 atom stereocenters. The highest BCUT2D eigenvalue weighted by molar-refractivity contribution is 7.89. The number of amides is 1. The third kappa shape index (κ3) is 4.68. The Morgan fingerprint density at radius 2 is 1.75 bits per heavy atom. The van der Waals surface area contributed by atoms with Crippen molar-refractivity contribution < 1.29 is 13.2 Å². The second-order valence-corrected chi connectivity index (χ2v) is 9.17. The zero-order valence-electron chi connectivity index (χ0n) is 17.7. The fraction of sp³-hybridized carbons (Fsp3) is 0.174. The molecule has 0 bridgehead atoms. The highest BCUT2D eigenvalue weighted by Crippen LogP contribution is 2.24. The van der Waals surface area contributed by atoms with E-state index in [0.717, 1.165) is 22.5 Å². The maximum absolute atomic E-state index is 12.7. The highest BCUT2D eigenvalue weighted by atomic mass is 32.2. The van der Waals surface area contributed by atoms with Gasteiger partial charge >= 0.3 is 0 Å². The van der Waals surface area contributed by atoms with Crippen molar-refractivity contribution in [2.24, 2.45) is 0 Å². The van der Waals surface area contributed by atoms with Crippen LogP contribution in [-0.2, 0) is 21.4 Å². The standard InChI is InChI=1S/C23H23N5O3S/c1-16-5-7-18(8-6-16)22-27-21-4-3-13-24-23(21)28(22)15-14-25-32(30,31)20-11-9-19(10-12-20)26-17(2)29/h3-13,25H,14-15H2,1-2H3,(H,26,29). The number of aryl methyl sites for hydroxylation is 1. The third-order valence-corrected chi connectivity index (χ3v) is 6.40.